The Balaban J connectivity index is 1.85. The van der Waals surface area contributed by atoms with E-state index in [1.807, 2.05) is 48.5 Å². The van der Waals surface area contributed by atoms with Gasteiger partial charge in [-0.05, 0) is 35.9 Å². The average Bonchev–Trinajstić information content (AvgIpc) is 2.32. The van der Waals surface area contributed by atoms with Gasteiger partial charge in [0, 0.05) is 17.1 Å². The summed E-state index contributed by atoms with van der Waals surface area (Å²) in [5, 5.41) is 0.690. The van der Waals surface area contributed by atoms with Crippen LogP contribution in [0, 0.1) is 0 Å². The largest absolute Gasteiger partial charge is 0.493 e. The molecule has 0 saturated carbocycles. The predicted molar refractivity (Wildman–Crippen MR) is 71.5 cm³/mol. The van der Waals surface area contributed by atoms with E-state index in [2.05, 4.69) is 0 Å². The molecule has 2 N–H and O–H groups in total. The molecular weight excluding hydrogens is 234 g/mol. The first-order valence-corrected chi connectivity index (χ1v) is 5.84. The van der Waals surface area contributed by atoms with Gasteiger partial charge in [-0.1, -0.05) is 29.8 Å². The fraction of sp³-hybridized carbons (Fsp3) is 0.143. The van der Waals surface area contributed by atoms with Crippen LogP contribution in [0.5, 0.6) is 5.75 Å². The van der Waals surface area contributed by atoms with E-state index >= 15 is 0 Å². The van der Waals surface area contributed by atoms with Crippen LogP contribution in [0.1, 0.15) is 5.56 Å². The fourth-order valence-electron chi connectivity index (χ4n) is 1.53. The molecule has 0 aromatic heterocycles. The van der Waals surface area contributed by atoms with Gasteiger partial charge in [-0.2, -0.15) is 0 Å². The highest BCUT2D eigenvalue weighted by Crippen LogP contribution is 2.17. The minimum Gasteiger partial charge on any atom is -0.493 e. The third-order valence-electron chi connectivity index (χ3n) is 2.44. The molecule has 2 aromatic rings. The maximum absolute atomic E-state index is 5.86. The van der Waals surface area contributed by atoms with Gasteiger partial charge < -0.3 is 10.5 Å². The lowest BCUT2D eigenvalue weighted by Crippen LogP contribution is -2.01. The summed E-state index contributed by atoms with van der Waals surface area (Å²) in [5.74, 6) is 0.799. The Morgan fingerprint density at radius 2 is 1.82 bits per heavy atom. The van der Waals surface area contributed by atoms with Crippen molar-refractivity contribution in [2.45, 2.75) is 6.42 Å². The van der Waals surface area contributed by atoms with Gasteiger partial charge in [-0.3, -0.25) is 0 Å². The van der Waals surface area contributed by atoms with E-state index in [4.69, 9.17) is 22.1 Å². The van der Waals surface area contributed by atoms with Crippen molar-refractivity contribution in [3.05, 3.63) is 59.1 Å². The third-order valence-corrected chi connectivity index (χ3v) is 2.67. The van der Waals surface area contributed by atoms with Crippen LogP contribution in [0.3, 0.4) is 0 Å². The number of hydrogen-bond acceptors (Lipinski definition) is 2. The maximum atomic E-state index is 5.86. The average molecular weight is 248 g/mol. The van der Waals surface area contributed by atoms with Gasteiger partial charge in [0.15, 0.2) is 0 Å². The highest BCUT2D eigenvalue weighted by molar-refractivity contribution is 6.30. The number of ether oxygens (including phenoxy) is 1. The minimum absolute atomic E-state index is 0.629. The number of hydrogen-bond donors (Lipinski definition) is 1. The van der Waals surface area contributed by atoms with E-state index < -0.39 is 0 Å². The monoisotopic (exact) mass is 247 g/mol. The zero-order valence-electron chi connectivity index (χ0n) is 9.40. The van der Waals surface area contributed by atoms with E-state index in [1.165, 1.54) is 5.56 Å². The van der Waals surface area contributed by atoms with E-state index in [0.29, 0.717) is 11.6 Å². The Bertz CT molecular complexity index is 482. The lowest BCUT2D eigenvalue weighted by molar-refractivity contribution is 0.322. The number of nitrogens with two attached hydrogens (primary N) is 1. The van der Waals surface area contributed by atoms with Crippen molar-refractivity contribution in [3.8, 4) is 5.75 Å². The van der Waals surface area contributed by atoms with Crippen LogP contribution in [0.4, 0.5) is 5.69 Å². The van der Waals surface area contributed by atoms with Crippen LogP contribution in [0.2, 0.25) is 5.02 Å². The molecule has 0 fully saturated rings. The van der Waals surface area contributed by atoms with Gasteiger partial charge in [-0.15, -0.1) is 0 Å². The topological polar surface area (TPSA) is 35.2 Å². The highest BCUT2D eigenvalue weighted by Gasteiger charge is 1.96. The first-order chi connectivity index (χ1) is 8.24. The van der Waals surface area contributed by atoms with E-state index in [1.54, 1.807) is 0 Å². The molecule has 0 atom stereocenters. The number of anilines is 1. The summed E-state index contributed by atoms with van der Waals surface area (Å²) >= 11 is 5.86. The summed E-state index contributed by atoms with van der Waals surface area (Å²) in [4.78, 5) is 0. The fourth-order valence-corrected chi connectivity index (χ4v) is 1.71. The molecular formula is C14H14ClNO. The second-order valence-electron chi connectivity index (χ2n) is 3.80. The van der Waals surface area contributed by atoms with Crippen molar-refractivity contribution in [2.24, 2.45) is 0 Å². The number of nitrogen functional groups attached to an aromatic ring is 1. The zero-order valence-corrected chi connectivity index (χ0v) is 10.2. The van der Waals surface area contributed by atoms with Gasteiger partial charge in [0.1, 0.15) is 5.75 Å². The van der Waals surface area contributed by atoms with Crippen LogP contribution >= 0.6 is 11.6 Å². The summed E-state index contributed by atoms with van der Waals surface area (Å²) in [7, 11) is 0. The molecule has 0 amide bonds. The summed E-state index contributed by atoms with van der Waals surface area (Å²) in [6.07, 6.45) is 0.854. The van der Waals surface area contributed by atoms with Crippen molar-refractivity contribution in [3.63, 3.8) is 0 Å². The summed E-state index contributed by atoms with van der Waals surface area (Å²) < 4.78 is 5.61. The molecule has 17 heavy (non-hydrogen) atoms. The Morgan fingerprint density at radius 1 is 1.06 bits per heavy atom. The Morgan fingerprint density at radius 3 is 2.53 bits per heavy atom. The number of halogens is 1. The van der Waals surface area contributed by atoms with Gasteiger partial charge >= 0.3 is 0 Å². The van der Waals surface area contributed by atoms with E-state index in [9.17, 15) is 0 Å². The first-order valence-electron chi connectivity index (χ1n) is 5.47. The lowest BCUT2D eigenvalue weighted by atomic mass is 10.1. The maximum Gasteiger partial charge on any atom is 0.120 e. The van der Waals surface area contributed by atoms with Crippen LogP contribution in [0.25, 0.3) is 0 Å². The highest BCUT2D eigenvalue weighted by atomic mass is 35.5. The molecule has 0 spiro atoms. The Hall–Kier alpha value is -1.67. The van der Waals surface area contributed by atoms with Crippen LogP contribution in [-0.4, -0.2) is 6.61 Å². The molecule has 2 nitrogen and oxygen atoms in total. The van der Waals surface area contributed by atoms with Gasteiger partial charge in [0.2, 0.25) is 0 Å². The summed E-state index contributed by atoms with van der Waals surface area (Å²) in [6.45, 7) is 0.629. The molecule has 0 aliphatic carbocycles. The van der Waals surface area contributed by atoms with Crippen molar-refractivity contribution < 1.29 is 4.74 Å². The molecule has 0 bridgehead atoms. The molecule has 88 valence electrons. The zero-order chi connectivity index (χ0) is 12.1. The van der Waals surface area contributed by atoms with Crippen LogP contribution in [-0.2, 0) is 6.42 Å². The molecule has 0 unspecified atom stereocenters. The lowest BCUT2D eigenvalue weighted by Gasteiger charge is -2.06. The summed E-state index contributed by atoms with van der Waals surface area (Å²) in [5.41, 5.74) is 7.61. The smallest absolute Gasteiger partial charge is 0.120 e. The quantitative estimate of drug-likeness (QED) is 0.839. The standard InChI is InChI=1S/C14H14ClNO/c15-12-2-1-3-14(10-12)17-9-8-11-4-6-13(16)7-5-11/h1-7,10H,8-9,16H2. The van der Waals surface area contributed by atoms with Crippen molar-refractivity contribution in [1.29, 1.82) is 0 Å². The van der Waals surface area contributed by atoms with Crippen molar-refractivity contribution >= 4 is 17.3 Å². The first kappa shape index (κ1) is 11.8. The number of benzene rings is 2. The molecule has 0 heterocycles. The molecule has 0 saturated heterocycles. The molecule has 2 aromatic carbocycles. The van der Waals surface area contributed by atoms with Crippen LogP contribution < -0.4 is 10.5 Å². The second kappa shape index (κ2) is 5.60. The predicted octanol–water partition coefficient (Wildman–Crippen LogP) is 3.54. The summed E-state index contributed by atoms with van der Waals surface area (Å²) in [6, 6.07) is 15.2. The minimum atomic E-state index is 0.629. The van der Waals surface area contributed by atoms with Crippen molar-refractivity contribution in [1.82, 2.24) is 0 Å². The molecule has 2 rings (SSSR count). The van der Waals surface area contributed by atoms with Crippen molar-refractivity contribution in [2.75, 3.05) is 12.3 Å². The normalized spacial score (nSPS) is 10.2. The Kier molecular flexibility index (Phi) is 3.89. The molecule has 0 aliphatic rings. The Labute approximate surface area is 106 Å². The van der Waals surface area contributed by atoms with Gasteiger partial charge in [0.05, 0.1) is 6.61 Å². The third kappa shape index (κ3) is 3.68. The molecule has 0 aliphatic heterocycles. The van der Waals surface area contributed by atoms with Crippen LogP contribution in [0.15, 0.2) is 48.5 Å². The number of rotatable bonds is 4. The molecule has 3 heteroatoms. The SMILES string of the molecule is Nc1ccc(CCOc2cccc(Cl)c2)cc1. The van der Waals surface area contributed by atoms with E-state index in [-0.39, 0.29) is 0 Å². The second-order valence-corrected chi connectivity index (χ2v) is 4.23. The van der Waals surface area contributed by atoms with Gasteiger partial charge in [-0.25, -0.2) is 0 Å². The molecule has 0 radical (unpaired) electrons. The van der Waals surface area contributed by atoms with Gasteiger partial charge in [0.25, 0.3) is 0 Å². The van der Waals surface area contributed by atoms with E-state index in [0.717, 1.165) is 17.9 Å².